The molecule has 1 aromatic heterocycles. The van der Waals surface area contributed by atoms with Crippen LogP contribution in [0.4, 0.5) is 5.82 Å². The molecule has 0 unspecified atom stereocenters. The summed E-state index contributed by atoms with van der Waals surface area (Å²) in [6.07, 6.45) is 4.22. The summed E-state index contributed by atoms with van der Waals surface area (Å²) >= 11 is 0. The van der Waals surface area contributed by atoms with Gasteiger partial charge in [0.2, 0.25) is 0 Å². The van der Waals surface area contributed by atoms with Crippen LogP contribution in [0.5, 0.6) is 0 Å². The molecular formula is C13H20N4O2. The zero-order chi connectivity index (χ0) is 13.8. The van der Waals surface area contributed by atoms with Crippen LogP contribution in [-0.2, 0) is 4.74 Å². The molecule has 0 spiro atoms. The van der Waals surface area contributed by atoms with E-state index in [1.165, 1.54) is 7.11 Å². The lowest BCUT2D eigenvalue weighted by molar-refractivity contribution is 0.0592. The number of methoxy groups -OCH3 is 1. The van der Waals surface area contributed by atoms with E-state index in [1.807, 2.05) is 7.05 Å². The molecule has 1 aliphatic rings. The van der Waals surface area contributed by atoms with Crippen molar-refractivity contribution < 1.29 is 9.53 Å². The smallest absolute Gasteiger partial charge is 0.358 e. The van der Waals surface area contributed by atoms with Crippen LogP contribution in [0.2, 0.25) is 0 Å². The number of hydrogen-bond acceptors (Lipinski definition) is 6. The molecular weight excluding hydrogens is 244 g/mol. The minimum absolute atomic E-state index is 0.227. The van der Waals surface area contributed by atoms with Crippen LogP contribution in [0.15, 0.2) is 12.1 Å². The fraction of sp³-hybridized carbons (Fsp3) is 0.615. The molecule has 0 atom stereocenters. The molecule has 0 radical (unpaired) electrons. The molecule has 1 aliphatic carbocycles. The van der Waals surface area contributed by atoms with Crippen molar-refractivity contribution in [2.24, 2.45) is 5.73 Å². The summed E-state index contributed by atoms with van der Waals surface area (Å²) in [7, 11) is 3.33. The van der Waals surface area contributed by atoms with Gasteiger partial charge in [-0.25, -0.2) is 4.79 Å². The van der Waals surface area contributed by atoms with Crippen LogP contribution >= 0.6 is 0 Å². The molecule has 6 heteroatoms. The summed E-state index contributed by atoms with van der Waals surface area (Å²) in [6, 6.07) is 4.21. The van der Waals surface area contributed by atoms with E-state index >= 15 is 0 Å². The molecule has 104 valence electrons. The number of anilines is 1. The predicted octanol–water partition coefficient (Wildman–Crippen LogP) is 0.969. The number of aromatic nitrogens is 2. The van der Waals surface area contributed by atoms with Gasteiger partial charge < -0.3 is 15.4 Å². The van der Waals surface area contributed by atoms with Crippen LogP contribution in [0, 0.1) is 0 Å². The Kier molecular flexibility index (Phi) is 4.31. The first-order valence-electron chi connectivity index (χ1n) is 6.52. The second-order valence-electron chi connectivity index (χ2n) is 4.95. The number of hydrogen-bond donors (Lipinski definition) is 1. The van der Waals surface area contributed by atoms with E-state index in [0.29, 0.717) is 12.1 Å². The molecule has 6 nitrogen and oxygen atoms in total. The number of ether oxygens (including phenoxy) is 1. The number of carbonyl (C=O) groups is 1. The third-order valence-corrected chi connectivity index (χ3v) is 3.70. The zero-order valence-electron chi connectivity index (χ0n) is 11.4. The first-order chi connectivity index (χ1) is 9.11. The van der Waals surface area contributed by atoms with Crippen molar-refractivity contribution in [1.82, 2.24) is 10.2 Å². The molecule has 0 saturated heterocycles. The summed E-state index contributed by atoms with van der Waals surface area (Å²) in [5.74, 6) is 0.304. The van der Waals surface area contributed by atoms with Gasteiger partial charge in [-0.05, 0) is 37.8 Å². The fourth-order valence-corrected chi connectivity index (χ4v) is 2.40. The largest absolute Gasteiger partial charge is 0.464 e. The first kappa shape index (κ1) is 13.7. The van der Waals surface area contributed by atoms with Gasteiger partial charge in [0.15, 0.2) is 11.5 Å². The highest BCUT2D eigenvalue weighted by atomic mass is 16.5. The van der Waals surface area contributed by atoms with Crippen molar-refractivity contribution in [3.63, 3.8) is 0 Å². The standard InChI is InChI=1S/C13H20N4O2/c1-17(10-5-3-9(14)4-6-10)12-8-7-11(15-16-12)13(18)19-2/h7-10H,3-6,14H2,1-2H3. The molecule has 0 aromatic carbocycles. The van der Waals surface area contributed by atoms with Gasteiger partial charge in [0, 0.05) is 19.1 Å². The third-order valence-electron chi connectivity index (χ3n) is 3.70. The van der Waals surface area contributed by atoms with Crippen molar-refractivity contribution in [1.29, 1.82) is 0 Å². The van der Waals surface area contributed by atoms with Crippen molar-refractivity contribution in [3.05, 3.63) is 17.8 Å². The molecule has 0 bridgehead atoms. The quantitative estimate of drug-likeness (QED) is 0.819. The van der Waals surface area contributed by atoms with E-state index in [1.54, 1.807) is 12.1 Å². The number of nitrogens with zero attached hydrogens (tertiary/aromatic N) is 3. The highest BCUT2D eigenvalue weighted by Gasteiger charge is 2.23. The lowest BCUT2D eigenvalue weighted by Crippen LogP contribution is -2.39. The van der Waals surface area contributed by atoms with E-state index in [-0.39, 0.29) is 5.69 Å². The third kappa shape index (κ3) is 3.20. The van der Waals surface area contributed by atoms with Crippen molar-refractivity contribution in [2.75, 3.05) is 19.1 Å². The summed E-state index contributed by atoms with van der Waals surface area (Å²) in [5.41, 5.74) is 6.13. The average Bonchev–Trinajstić information content (AvgIpc) is 2.46. The topological polar surface area (TPSA) is 81.3 Å². The minimum atomic E-state index is -0.467. The Bertz CT molecular complexity index is 427. The highest BCUT2D eigenvalue weighted by molar-refractivity contribution is 5.86. The van der Waals surface area contributed by atoms with Gasteiger partial charge in [-0.2, -0.15) is 0 Å². The first-order valence-corrected chi connectivity index (χ1v) is 6.52. The second-order valence-corrected chi connectivity index (χ2v) is 4.95. The Balaban J connectivity index is 2.03. The monoisotopic (exact) mass is 264 g/mol. The van der Waals surface area contributed by atoms with Gasteiger partial charge in [0.05, 0.1) is 7.11 Å². The molecule has 0 aliphatic heterocycles. The van der Waals surface area contributed by atoms with E-state index < -0.39 is 5.97 Å². The maximum Gasteiger partial charge on any atom is 0.358 e. The summed E-state index contributed by atoms with van der Waals surface area (Å²) < 4.78 is 4.60. The Hall–Kier alpha value is -1.69. The number of rotatable bonds is 3. The molecule has 1 aromatic rings. The van der Waals surface area contributed by atoms with Crippen LogP contribution < -0.4 is 10.6 Å². The number of carbonyl (C=O) groups excluding carboxylic acids is 1. The molecule has 19 heavy (non-hydrogen) atoms. The van der Waals surface area contributed by atoms with Gasteiger partial charge in [0.25, 0.3) is 0 Å². The van der Waals surface area contributed by atoms with Crippen molar-refractivity contribution in [3.8, 4) is 0 Å². The van der Waals surface area contributed by atoms with Crippen LogP contribution in [-0.4, -0.2) is 42.4 Å². The average molecular weight is 264 g/mol. The Morgan fingerprint density at radius 1 is 1.32 bits per heavy atom. The van der Waals surface area contributed by atoms with Gasteiger partial charge in [-0.1, -0.05) is 0 Å². The van der Waals surface area contributed by atoms with Crippen molar-refractivity contribution in [2.45, 2.75) is 37.8 Å². The minimum Gasteiger partial charge on any atom is -0.464 e. The Labute approximate surface area is 112 Å². The van der Waals surface area contributed by atoms with Gasteiger partial charge >= 0.3 is 5.97 Å². The maximum absolute atomic E-state index is 11.3. The SMILES string of the molecule is COC(=O)c1ccc(N(C)C2CCC(N)CC2)nn1. The summed E-state index contributed by atoms with van der Waals surface area (Å²) in [4.78, 5) is 13.4. The van der Waals surface area contributed by atoms with Crippen molar-refractivity contribution >= 4 is 11.8 Å². The van der Waals surface area contributed by atoms with Crippen LogP contribution in [0.1, 0.15) is 36.2 Å². The van der Waals surface area contributed by atoms with Gasteiger partial charge in [-0.15, -0.1) is 10.2 Å². The molecule has 2 N–H and O–H groups in total. The normalized spacial score (nSPS) is 22.9. The number of nitrogens with two attached hydrogens (primary N) is 1. The molecule has 1 saturated carbocycles. The van der Waals surface area contributed by atoms with E-state index in [2.05, 4.69) is 19.8 Å². The second kappa shape index (κ2) is 5.97. The number of esters is 1. The molecule has 2 rings (SSSR count). The fourth-order valence-electron chi connectivity index (χ4n) is 2.40. The van der Waals surface area contributed by atoms with Crippen LogP contribution in [0.25, 0.3) is 0 Å². The van der Waals surface area contributed by atoms with Gasteiger partial charge in [0.1, 0.15) is 0 Å². The molecule has 1 heterocycles. The summed E-state index contributed by atoms with van der Waals surface area (Å²) in [6.45, 7) is 0. The summed E-state index contributed by atoms with van der Waals surface area (Å²) in [5, 5.41) is 7.98. The zero-order valence-corrected chi connectivity index (χ0v) is 11.4. The van der Waals surface area contributed by atoms with Crippen LogP contribution in [0.3, 0.4) is 0 Å². The Morgan fingerprint density at radius 3 is 2.53 bits per heavy atom. The molecule has 0 amide bonds. The molecule has 1 fully saturated rings. The lowest BCUT2D eigenvalue weighted by Gasteiger charge is -2.33. The predicted molar refractivity (Wildman–Crippen MR) is 72.0 cm³/mol. The van der Waals surface area contributed by atoms with Gasteiger partial charge in [-0.3, -0.25) is 0 Å². The van der Waals surface area contributed by atoms with E-state index in [0.717, 1.165) is 31.5 Å². The Morgan fingerprint density at radius 2 is 2.00 bits per heavy atom. The lowest BCUT2D eigenvalue weighted by atomic mass is 9.91. The van der Waals surface area contributed by atoms with E-state index in [4.69, 9.17) is 5.73 Å². The van der Waals surface area contributed by atoms with E-state index in [9.17, 15) is 4.79 Å². The maximum atomic E-state index is 11.3. The highest BCUT2D eigenvalue weighted by Crippen LogP contribution is 2.24.